The molecule has 1 heterocycles. The van der Waals surface area contributed by atoms with Crippen LogP contribution in [0.25, 0.3) is 0 Å². The molecule has 10 nitrogen and oxygen atoms in total. The lowest BCUT2D eigenvalue weighted by Gasteiger charge is -2.39. The lowest BCUT2D eigenvalue weighted by Crippen LogP contribution is -2.59. The minimum atomic E-state index is -1.59. The van der Waals surface area contributed by atoms with Crippen LogP contribution < -0.4 is 0 Å². The summed E-state index contributed by atoms with van der Waals surface area (Å²) in [5, 5.41) is 39.9. The van der Waals surface area contributed by atoms with Crippen molar-refractivity contribution in [2.45, 2.75) is 237 Å². The summed E-state index contributed by atoms with van der Waals surface area (Å²) in [4.78, 5) is 25.1. The quantitative estimate of drug-likeness (QED) is 0.0363. The van der Waals surface area contributed by atoms with Crippen LogP contribution in [0.2, 0.25) is 0 Å². The Morgan fingerprint density at radius 1 is 0.519 bits per heavy atom. The maximum atomic E-state index is 12.7. The first-order valence-corrected chi connectivity index (χ1v) is 21.6. The molecule has 6 atom stereocenters. The lowest BCUT2D eigenvalue weighted by atomic mass is 9.99. The molecule has 10 heteroatoms. The van der Waals surface area contributed by atoms with E-state index in [0.717, 1.165) is 44.9 Å². The molecule has 0 aliphatic carbocycles. The fraction of sp³-hybridized carbons (Fsp3) is 0.952. The van der Waals surface area contributed by atoms with Crippen LogP contribution in [0.15, 0.2) is 0 Å². The summed E-state index contributed by atoms with van der Waals surface area (Å²) in [6.45, 7) is 3.39. The van der Waals surface area contributed by atoms with Crippen molar-refractivity contribution in [1.29, 1.82) is 0 Å². The summed E-state index contributed by atoms with van der Waals surface area (Å²) >= 11 is 0. The zero-order chi connectivity index (χ0) is 38.1. The van der Waals surface area contributed by atoms with Crippen molar-refractivity contribution in [2.24, 2.45) is 0 Å². The number of carbonyl (C=O) groups is 2. The van der Waals surface area contributed by atoms with Gasteiger partial charge in [-0.1, -0.05) is 174 Å². The number of carbonyl (C=O) groups excluding carboxylic acids is 2. The lowest BCUT2D eigenvalue weighted by molar-refractivity contribution is -0.305. The third-order valence-corrected chi connectivity index (χ3v) is 10.2. The Balaban J connectivity index is 2.24. The van der Waals surface area contributed by atoms with Gasteiger partial charge in [0, 0.05) is 12.8 Å². The first kappa shape index (κ1) is 48.7. The second kappa shape index (κ2) is 34.2. The van der Waals surface area contributed by atoms with E-state index in [-0.39, 0.29) is 32.0 Å². The highest BCUT2D eigenvalue weighted by atomic mass is 16.7. The first-order valence-electron chi connectivity index (χ1n) is 21.6. The van der Waals surface area contributed by atoms with Crippen LogP contribution >= 0.6 is 0 Å². The third kappa shape index (κ3) is 25.7. The number of esters is 2. The minimum absolute atomic E-state index is 0.211. The molecule has 1 aliphatic heterocycles. The summed E-state index contributed by atoms with van der Waals surface area (Å²) in [6.07, 6.45) is 25.7. The molecule has 1 rings (SSSR count). The van der Waals surface area contributed by atoms with Crippen molar-refractivity contribution < 1.29 is 49.0 Å². The zero-order valence-electron chi connectivity index (χ0n) is 33.3. The smallest absolute Gasteiger partial charge is 0.306 e. The average Bonchev–Trinajstić information content (AvgIpc) is 3.14. The molecule has 0 radical (unpaired) electrons. The molecule has 52 heavy (non-hydrogen) atoms. The molecule has 0 aromatic carbocycles. The predicted octanol–water partition coefficient (Wildman–Crippen LogP) is 8.61. The number of hydrogen-bond donors (Lipinski definition) is 4. The van der Waals surface area contributed by atoms with Crippen molar-refractivity contribution >= 4 is 11.9 Å². The SMILES string of the molecule is CCCCCCCCCCCCCCCCCCCCCCC(=O)O[C@H](COC(=O)CCCCCCCCC)CO[C@H]1O[C@@H](CO)[C@@H](O)C(O)C1O. The summed E-state index contributed by atoms with van der Waals surface area (Å²) in [7, 11) is 0. The molecule has 0 aromatic heterocycles. The molecule has 0 spiro atoms. The van der Waals surface area contributed by atoms with Crippen LogP contribution in [0.5, 0.6) is 0 Å². The molecular formula is C42H80O10. The Morgan fingerprint density at radius 3 is 1.31 bits per heavy atom. The Bertz CT molecular complexity index is 825. The molecular weight excluding hydrogens is 664 g/mol. The summed E-state index contributed by atoms with van der Waals surface area (Å²) in [5.41, 5.74) is 0. The molecule has 1 saturated heterocycles. The van der Waals surface area contributed by atoms with Gasteiger partial charge in [0.25, 0.3) is 0 Å². The van der Waals surface area contributed by atoms with Crippen molar-refractivity contribution in [1.82, 2.24) is 0 Å². The normalized spacial score (nSPS) is 20.9. The van der Waals surface area contributed by atoms with Gasteiger partial charge in [0.2, 0.25) is 0 Å². The first-order chi connectivity index (χ1) is 25.3. The molecule has 308 valence electrons. The summed E-state index contributed by atoms with van der Waals surface area (Å²) < 4.78 is 22.0. The van der Waals surface area contributed by atoms with Crippen molar-refractivity contribution in [3.63, 3.8) is 0 Å². The maximum Gasteiger partial charge on any atom is 0.306 e. The van der Waals surface area contributed by atoms with Gasteiger partial charge < -0.3 is 39.4 Å². The zero-order valence-corrected chi connectivity index (χ0v) is 33.3. The van der Waals surface area contributed by atoms with Crippen LogP contribution in [0.1, 0.15) is 200 Å². The van der Waals surface area contributed by atoms with Crippen LogP contribution in [-0.2, 0) is 28.5 Å². The maximum absolute atomic E-state index is 12.7. The second-order valence-corrected chi connectivity index (χ2v) is 15.2. The number of unbranched alkanes of at least 4 members (excludes halogenated alkanes) is 25. The minimum Gasteiger partial charge on any atom is -0.462 e. The third-order valence-electron chi connectivity index (χ3n) is 10.2. The van der Waals surface area contributed by atoms with Crippen LogP contribution in [0.4, 0.5) is 0 Å². The largest absolute Gasteiger partial charge is 0.462 e. The number of ether oxygens (including phenoxy) is 4. The van der Waals surface area contributed by atoms with Gasteiger partial charge in [0.05, 0.1) is 13.2 Å². The fourth-order valence-electron chi connectivity index (χ4n) is 6.78. The number of rotatable bonds is 36. The molecule has 0 aromatic rings. The summed E-state index contributed by atoms with van der Waals surface area (Å²) in [5.74, 6) is -0.801. The molecule has 0 bridgehead atoms. The standard InChI is InChI=1S/C42H80O10/c1-3-5-7-9-11-12-13-14-15-16-17-18-19-20-21-22-23-25-27-29-31-38(45)51-35(33-49-37(44)30-28-26-24-10-8-6-4-2)34-50-42-41(48)40(47)39(46)36(32-43)52-42/h35-36,39-43,46-48H,3-34H2,1-2H3/t35-,36+,39-,40?,41?,42+/m1/s1. The highest BCUT2D eigenvalue weighted by Gasteiger charge is 2.44. The van der Waals surface area contributed by atoms with Crippen LogP contribution in [-0.4, -0.2) is 89.0 Å². The fourth-order valence-corrected chi connectivity index (χ4v) is 6.78. The van der Waals surface area contributed by atoms with E-state index >= 15 is 0 Å². The van der Waals surface area contributed by atoms with Gasteiger partial charge in [-0.05, 0) is 12.8 Å². The second-order valence-electron chi connectivity index (χ2n) is 15.2. The van der Waals surface area contributed by atoms with Crippen LogP contribution in [0.3, 0.4) is 0 Å². The molecule has 0 amide bonds. The summed E-state index contributed by atoms with van der Waals surface area (Å²) in [6, 6.07) is 0. The van der Waals surface area contributed by atoms with E-state index in [1.54, 1.807) is 0 Å². The topological polar surface area (TPSA) is 152 Å². The highest BCUT2D eigenvalue weighted by molar-refractivity contribution is 5.70. The van der Waals surface area contributed by atoms with Crippen molar-refractivity contribution in [3.05, 3.63) is 0 Å². The monoisotopic (exact) mass is 745 g/mol. The van der Waals surface area contributed by atoms with E-state index in [0.29, 0.717) is 6.42 Å². The van der Waals surface area contributed by atoms with Gasteiger partial charge in [-0.2, -0.15) is 0 Å². The Labute approximate surface area is 317 Å². The number of aliphatic hydroxyl groups is 4. The Hall–Kier alpha value is -1.30. The molecule has 2 unspecified atom stereocenters. The predicted molar refractivity (Wildman–Crippen MR) is 206 cm³/mol. The van der Waals surface area contributed by atoms with Crippen LogP contribution in [0, 0.1) is 0 Å². The van der Waals surface area contributed by atoms with Gasteiger partial charge in [0.1, 0.15) is 31.0 Å². The molecule has 1 fully saturated rings. The van der Waals surface area contributed by atoms with E-state index in [1.807, 2.05) is 0 Å². The number of hydrogen-bond acceptors (Lipinski definition) is 10. The van der Waals surface area contributed by atoms with E-state index in [2.05, 4.69) is 13.8 Å². The molecule has 0 saturated carbocycles. The van der Waals surface area contributed by atoms with E-state index in [4.69, 9.17) is 18.9 Å². The van der Waals surface area contributed by atoms with Gasteiger partial charge >= 0.3 is 11.9 Å². The molecule has 1 aliphatic rings. The van der Waals surface area contributed by atoms with Gasteiger partial charge in [-0.25, -0.2) is 0 Å². The van der Waals surface area contributed by atoms with Gasteiger partial charge in [0.15, 0.2) is 12.4 Å². The number of aliphatic hydroxyl groups excluding tert-OH is 4. The van der Waals surface area contributed by atoms with Crippen molar-refractivity contribution in [2.75, 3.05) is 19.8 Å². The Morgan fingerprint density at radius 2 is 0.904 bits per heavy atom. The molecule has 4 N–H and O–H groups in total. The van der Waals surface area contributed by atoms with E-state index in [1.165, 1.54) is 122 Å². The Kier molecular flexibility index (Phi) is 32.1. The highest BCUT2D eigenvalue weighted by Crippen LogP contribution is 2.23. The average molecular weight is 745 g/mol. The van der Waals surface area contributed by atoms with Gasteiger partial charge in [-0.3, -0.25) is 9.59 Å². The van der Waals surface area contributed by atoms with Crippen molar-refractivity contribution in [3.8, 4) is 0 Å². The van der Waals surface area contributed by atoms with Gasteiger partial charge in [-0.15, -0.1) is 0 Å². The van der Waals surface area contributed by atoms with E-state index < -0.39 is 49.4 Å². The van der Waals surface area contributed by atoms with E-state index in [9.17, 15) is 30.0 Å².